The van der Waals surface area contributed by atoms with Crippen LogP contribution in [0.3, 0.4) is 0 Å². The number of carbonyl (C=O) groups excluding carboxylic acids is 1. The fourth-order valence-corrected chi connectivity index (χ4v) is 2.74. The molecule has 0 radical (unpaired) electrons. The van der Waals surface area contributed by atoms with Crippen LogP contribution in [0.5, 0.6) is 0 Å². The minimum Gasteiger partial charge on any atom is -0.443 e. The Bertz CT molecular complexity index is 497. The summed E-state index contributed by atoms with van der Waals surface area (Å²) in [5.41, 5.74) is 6.00. The molecule has 4 N–H and O–H groups in total. The van der Waals surface area contributed by atoms with Crippen molar-refractivity contribution >= 4 is 6.09 Å². The molecule has 1 unspecified atom stereocenters. The zero-order valence-electron chi connectivity index (χ0n) is 15.5. The van der Waals surface area contributed by atoms with Gasteiger partial charge in [0.1, 0.15) is 12.2 Å². The molecule has 0 aromatic heterocycles. The molecular formula is C19H32N2O3. The summed E-state index contributed by atoms with van der Waals surface area (Å²) >= 11 is 0. The van der Waals surface area contributed by atoms with E-state index in [-0.39, 0.29) is 11.5 Å². The first-order valence-corrected chi connectivity index (χ1v) is 8.52. The van der Waals surface area contributed by atoms with E-state index in [0.717, 1.165) is 12.1 Å². The lowest BCUT2D eigenvalue weighted by atomic mass is 9.80. The fraction of sp³-hybridized carbons (Fsp3) is 0.632. The fourth-order valence-electron chi connectivity index (χ4n) is 2.74. The Balaban J connectivity index is 2.96. The van der Waals surface area contributed by atoms with Gasteiger partial charge in [0.15, 0.2) is 0 Å². The molecule has 0 bridgehead atoms. The van der Waals surface area contributed by atoms with Gasteiger partial charge in [-0.1, -0.05) is 65.0 Å². The number of nitrogens with two attached hydrogens (primary N) is 1. The van der Waals surface area contributed by atoms with Crippen molar-refractivity contribution in [2.75, 3.05) is 6.54 Å². The molecule has 0 fully saturated rings. The number of benzene rings is 1. The molecule has 1 aromatic rings. The van der Waals surface area contributed by atoms with Crippen molar-refractivity contribution in [2.24, 2.45) is 17.1 Å². The highest BCUT2D eigenvalue weighted by molar-refractivity contribution is 5.64. The number of rotatable bonds is 8. The summed E-state index contributed by atoms with van der Waals surface area (Å²) in [6, 6.07) is 9.41. The molecule has 1 rings (SSSR count). The summed E-state index contributed by atoms with van der Waals surface area (Å²) in [7, 11) is 0. The molecule has 1 aromatic carbocycles. The van der Waals surface area contributed by atoms with Gasteiger partial charge in [-0.2, -0.15) is 0 Å². The van der Waals surface area contributed by atoms with Gasteiger partial charge >= 0.3 is 6.09 Å². The number of ether oxygens (including phenoxy) is 1. The molecule has 3 atom stereocenters. The van der Waals surface area contributed by atoms with Crippen LogP contribution in [0.1, 0.15) is 40.2 Å². The maximum Gasteiger partial charge on any atom is 0.404 e. The minimum atomic E-state index is -0.869. The molecule has 0 saturated heterocycles. The van der Waals surface area contributed by atoms with Gasteiger partial charge in [0.05, 0.1) is 0 Å². The van der Waals surface area contributed by atoms with Crippen molar-refractivity contribution in [3.8, 4) is 0 Å². The third kappa shape index (κ3) is 6.89. The summed E-state index contributed by atoms with van der Waals surface area (Å²) in [6.45, 7) is 11.2. The summed E-state index contributed by atoms with van der Waals surface area (Å²) in [6.07, 6.45) is -2.02. The van der Waals surface area contributed by atoms with Crippen LogP contribution in [0.4, 0.5) is 4.79 Å². The SMILES string of the molecule is CC(C)CNC([C@@H](O)[C@H](Cc1ccccc1)OC(N)=O)C(C)(C)C. The van der Waals surface area contributed by atoms with Gasteiger partial charge in [-0.15, -0.1) is 0 Å². The van der Waals surface area contributed by atoms with Gasteiger partial charge in [0.25, 0.3) is 0 Å². The number of hydrogen-bond donors (Lipinski definition) is 3. The van der Waals surface area contributed by atoms with E-state index >= 15 is 0 Å². The number of hydrogen-bond acceptors (Lipinski definition) is 4. The first kappa shape index (κ1) is 20.5. The van der Waals surface area contributed by atoms with Crippen LogP contribution >= 0.6 is 0 Å². The highest BCUT2D eigenvalue weighted by Gasteiger charge is 2.37. The summed E-state index contributed by atoms with van der Waals surface area (Å²) < 4.78 is 5.25. The van der Waals surface area contributed by atoms with E-state index in [1.54, 1.807) is 0 Å². The Hall–Kier alpha value is -1.59. The Morgan fingerprint density at radius 3 is 2.29 bits per heavy atom. The molecule has 1 amide bonds. The molecule has 0 aliphatic carbocycles. The van der Waals surface area contributed by atoms with E-state index in [1.165, 1.54) is 0 Å². The second-order valence-corrected chi connectivity index (χ2v) is 7.80. The van der Waals surface area contributed by atoms with Crippen molar-refractivity contribution < 1.29 is 14.6 Å². The number of carbonyl (C=O) groups is 1. The third-order valence-corrected chi connectivity index (χ3v) is 3.95. The number of nitrogens with one attached hydrogen (secondary N) is 1. The second kappa shape index (κ2) is 9.04. The average Bonchev–Trinajstić information content (AvgIpc) is 2.45. The topological polar surface area (TPSA) is 84.6 Å². The van der Waals surface area contributed by atoms with Gasteiger partial charge in [-0.05, 0) is 23.4 Å². The van der Waals surface area contributed by atoms with Crippen LogP contribution in [0.25, 0.3) is 0 Å². The maximum absolute atomic E-state index is 11.3. The van der Waals surface area contributed by atoms with Crippen molar-refractivity contribution in [3.05, 3.63) is 35.9 Å². The first-order valence-electron chi connectivity index (χ1n) is 8.52. The van der Waals surface area contributed by atoms with Gasteiger partial charge in [-0.3, -0.25) is 0 Å². The van der Waals surface area contributed by atoms with E-state index in [9.17, 15) is 9.90 Å². The maximum atomic E-state index is 11.3. The number of amides is 1. The lowest BCUT2D eigenvalue weighted by Crippen LogP contribution is -2.55. The van der Waals surface area contributed by atoms with E-state index < -0.39 is 18.3 Å². The van der Waals surface area contributed by atoms with Crippen molar-refractivity contribution in [2.45, 2.75) is 59.3 Å². The first-order chi connectivity index (χ1) is 11.1. The predicted octanol–water partition coefficient (Wildman–Crippen LogP) is 2.71. The van der Waals surface area contributed by atoms with E-state index in [4.69, 9.17) is 10.5 Å². The van der Waals surface area contributed by atoms with E-state index in [0.29, 0.717) is 12.3 Å². The van der Waals surface area contributed by atoms with E-state index in [1.807, 2.05) is 30.3 Å². The Morgan fingerprint density at radius 1 is 1.25 bits per heavy atom. The van der Waals surface area contributed by atoms with Crippen LogP contribution in [-0.4, -0.2) is 36.0 Å². The second-order valence-electron chi connectivity index (χ2n) is 7.80. The minimum absolute atomic E-state index is 0.204. The Kier molecular flexibility index (Phi) is 7.70. The zero-order chi connectivity index (χ0) is 18.3. The average molecular weight is 336 g/mol. The van der Waals surface area contributed by atoms with Gasteiger partial charge in [-0.25, -0.2) is 4.79 Å². The lowest BCUT2D eigenvalue weighted by molar-refractivity contribution is -0.0356. The third-order valence-electron chi connectivity index (χ3n) is 3.95. The molecular weight excluding hydrogens is 304 g/mol. The normalized spacial score (nSPS) is 15.8. The molecule has 0 aliphatic heterocycles. The van der Waals surface area contributed by atoms with Crippen LogP contribution in [0.2, 0.25) is 0 Å². The summed E-state index contributed by atoms with van der Waals surface area (Å²) in [4.78, 5) is 11.3. The molecule has 136 valence electrons. The molecule has 0 aliphatic rings. The van der Waals surface area contributed by atoms with Crippen molar-refractivity contribution in [1.29, 1.82) is 0 Å². The number of primary amides is 1. The summed E-state index contributed by atoms with van der Waals surface area (Å²) in [5.74, 6) is 0.451. The molecule has 5 heteroatoms. The Morgan fingerprint density at radius 2 is 1.83 bits per heavy atom. The van der Waals surface area contributed by atoms with E-state index in [2.05, 4.69) is 39.9 Å². The van der Waals surface area contributed by atoms with Gasteiger partial charge in [0.2, 0.25) is 0 Å². The Labute approximate surface area is 145 Å². The highest BCUT2D eigenvalue weighted by Crippen LogP contribution is 2.26. The van der Waals surface area contributed by atoms with Gasteiger partial charge < -0.3 is 20.9 Å². The van der Waals surface area contributed by atoms with Crippen molar-refractivity contribution in [3.63, 3.8) is 0 Å². The van der Waals surface area contributed by atoms with Crippen LogP contribution in [0, 0.1) is 11.3 Å². The predicted molar refractivity (Wildman–Crippen MR) is 96.7 cm³/mol. The van der Waals surface area contributed by atoms with Crippen molar-refractivity contribution in [1.82, 2.24) is 5.32 Å². The van der Waals surface area contributed by atoms with Crippen LogP contribution in [-0.2, 0) is 11.2 Å². The zero-order valence-corrected chi connectivity index (χ0v) is 15.5. The monoisotopic (exact) mass is 336 g/mol. The molecule has 0 spiro atoms. The quantitative estimate of drug-likeness (QED) is 0.681. The number of aliphatic hydroxyl groups excluding tert-OH is 1. The molecule has 24 heavy (non-hydrogen) atoms. The smallest absolute Gasteiger partial charge is 0.404 e. The molecule has 5 nitrogen and oxygen atoms in total. The lowest BCUT2D eigenvalue weighted by Gasteiger charge is -2.38. The largest absolute Gasteiger partial charge is 0.443 e. The molecule has 0 saturated carbocycles. The standard InChI is InChI=1S/C19H32N2O3/c1-13(2)12-21-17(19(3,4)5)16(22)15(24-18(20)23)11-14-9-7-6-8-10-14/h6-10,13,15-17,21-22H,11-12H2,1-5H3,(H2,20,23)/t15-,16-,17?/m0/s1. The number of aliphatic hydroxyl groups is 1. The van der Waals surface area contributed by atoms with Gasteiger partial charge in [0, 0.05) is 12.5 Å². The van der Waals surface area contributed by atoms with Crippen LogP contribution in [0.15, 0.2) is 30.3 Å². The summed E-state index contributed by atoms with van der Waals surface area (Å²) in [5, 5.41) is 14.3. The van der Waals surface area contributed by atoms with Crippen LogP contribution < -0.4 is 11.1 Å². The highest BCUT2D eigenvalue weighted by atomic mass is 16.6. The molecule has 0 heterocycles.